The molecular weight excluding hydrogens is 394 g/mol. The summed E-state index contributed by atoms with van der Waals surface area (Å²) < 4.78 is 0. The Hall–Kier alpha value is -1.92. The number of rotatable bonds is 5. The minimum Gasteiger partial charge on any atom is -0.352 e. The van der Waals surface area contributed by atoms with Gasteiger partial charge in [0.05, 0.1) is 0 Å². The fraction of sp³-hybridized carbons (Fsp3) is 0.833. The third-order valence-electron chi connectivity index (χ3n) is 9.17. The van der Waals surface area contributed by atoms with Gasteiger partial charge in [0.1, 0.15) is 6.54 Å². The monoisotopic (exact) mass is 429 g/mol. The quantitative estimate of drug-likeness (QED) is 0.537. The number of amides is 5. The molecule has 0 aromatic carbocycles. The van der Waals surface area contributed by atoms with Crippen LogP contribution < -0.4 is 5.32 Å². The van der Waals surface area contributed by atoms with Gasteiger partial charge < -0.3 is 5.32 Å². The Morgan fingerprint density at radius 2 is 1.58 bits per heavy atom. The molecule has 6 rings (SSSR count). The number of nitrogens with zero attached hydrogens (tertiary/aromatic N) is 2. The molecule has 1 saturated heterocycles. The highest BCUT2D eigenvalue weighted by atomic mass is 16.2. The summed E-state index contributed by atoms with van der Waals surface area (Å²) in [7, 11) is 0. The molecular formula is C24H35N3O4. The van der Waals surface area contributed by atoms with Crippen molar-refractivity contribution in [2.75, 3.05) is 6.54 Å². The standard InChI is InChI=1S/C24H35N3O4/c1-14-5-3-4-6-19(14)27-22(30)21(29)26(23(27)31)13-20(28)25-15(2)24-10-16-7-17(11-24)9-18(8-16)12-24/h14-19H,3-13H2,1-2H3,(H,25,28)/t14-,15-,16?,17?,18?,19+,24?/m0/s1. The highest BCUT2D eigenvalue weighted by molar-refractivity contribution is 6.45. The van der Waals surface area contributed by atoms with Crippen molar-refractivity contribution in [3.63, 3.8) is 0 Å². The van der Waals surface area contributed by atoms with E-state index in [1.54, 1.807) is 0 Å². The second kappa shape index (κ2) is 7.59. The number of carbonyl (C=O) groups excluding carboxylic acids is 4. The molecule has 3 atom stereocenters. The van der Waals surface area contributed by atoms with Gasteiger partial charge in [0, 0.05) is 12.1 Å². The Balaban J connectivity index is 1.24. The van der Waals surface area contributed by atoms with E-state index in [1.165, 1.54) is 38.5 Å². The lowest BCUT2D eigenvalue weighted by molar-refractivity contribution is -0.145. The summed E-state index contributed by atoms with van der Waals surface area (Å²) in [6, 6.07) is -0.838. The number of imide groups is 2. The molecule has 0 aromatic rings. The van der Waals surface area contributed by atoms with Crippen molar-refractivity contribution in [1.29, 1.82) is 0 Å². The number of carbonyl (C=O) groups is 4. The van der Waals surface area contributed by atoms with Gasteiger partial charge in [-0.25, -0.2) is 9.69 Å². The molecule has 5 amide bonds. The van der Waals surface area contributed by atoms with Gasteiger partial charge in [-0.15, -0.1) is 0 Å². The van der Waals surface area contributed by atoms with Crippen LogP contribution in [-0.2, 0) is 14.4 Å². The van der Waals surface area contributed by atoms with Crippen LogP contribution in [0.5, 0.6) is 0 Å². The molecule has 4 bridgehead atoms. The summed E-state index contributed by atoms with van der Waals surface area (Å²) in [5.41, 5.74) is 0.156. The summed E-state index contributed by atoms with van der Waals surface area (Å²) in [5.74, 6) is 0.574. The first-order valence-corrected chi connectivity index (χ1v) is 12.3. The van der Waals surface area contributed by atoms with Crippen LogP contribution in [0.15, 0.2) is 0 Å². The number of urea groups is 1. The molecule has 6 fully saturated rings. The maximum absolute atomic E-state index is 12.9. The predicted octanol–water partition coefficient (Wildman–Crippen LogP) is 3.08. The van der Waals surface area contributed by atoms with Crippen molar-refractivity contribution in [3.8, 4) is 0 Å². The van der Waals surface area contributed by atoms with E-state index in [9.17, 15) is 19.2 Å². The average Bonchev–Trinajstić information content (AvgIpc) is 2.91. The van der Waals surface area contributed by atoms with Crippen LogP contribution in [0.25, 0.3) is 0 Å². The molecule has 7 nitrogen and oxygen atoms in total. The number of hydrogen-bond acceptors (Lipinski definition) is 4. The third-order valence-corrected chi connectivity index (χ3v) is 9.17. The first-order valence-electron chi connectivity index (χ1n) is 12.3. The van der Waals surface area contributed by atoms with E-state index in [0.717, 1.165) is 53.2 Å². The van der Waals surface area contributed by atoms with Gasteiger partial charge >= 0.3 is 17.8 Å². The fourth-order valence-electron chi connectivity index (χ4n) is 7.93. The maximum atomic E-state index is 12.9. The number of nitrogens with one attached hydrogen (secondary N) is 1. The maximum Gasteiger partial charge on any atom is 0.334 e. The van der Waals surface area contributed by atoms with Gasteiger partial charge in [0.25, 0.3) is 0 Å². The highest BCUT2D eigenvalue weighted by Crippen LogP contribution is 2.61. The molecule has 0 radical (unpaired) electrons. The average molecular weight is 430 g/mol. The zero-order chi connectivity index (χ0) is 21.9. The second-order valence-corrected chi connectivity index (χ2v) is 11.2. The SMILES string of the molecule is C[C@H](NC(=O)CN1C(=O)C(=O)N([C@@H]2CCCC[C@@H]2C)C1=O)C12CC3CC(CC(C3)C1)C2. The molecule has 0 spiro atoms. The Morgan fingerprint density at radius 3 is 2.16 bits per heavy atom. The van der Waals surface area contributed by atoms with Crippen LogP contribution in [0.4, 0.5) is 4.79 Å². The summed E-state index contributed by atoms with van der Waals surface area (Å²) in [6.45, 7) is 3.74. The van der Waals surface area contributed by atoms with Crippen LogP contribution in [0, 0.1) is 29.1 Å². The fourth-order valence-corrected chi connectivity index (χ4v) is 7.93. The third kappa shape index (κ3) is 3.48. The molecule has 31 heavy (non-hydrogen) atoms. The van der Waals surface area contributed by atoms with E-state index < -0.39 is 17.8 Å². The first-order chi connectivity index (χ1) is 14.8. The topological polar surface area (TPSA) is 86.8 Å². The van der Waals surface area contributed by atoms with Crippen LogP contribution in [0.1, 0.15) is 78.1 Å². The van der Waals surface area contributed by atoms with E-state index in [-0.39, 0.29) is 35.9 Å². The summed E-state index contributed by atoms with van der Waals surface area (Å²) in [5, 5.41) is 3.11. The van der Waals surface area contributed by atoms with Crippen molar-refractivity contribution in [2.45, 2.75) is 90.1 Å². The van der Waals surface area contributed by atoms with Gasteiger partial charge in [0.15, 0.2) is 0 Å². The van der Waals surface area contributed by atoms with E-state index in [1.807, 2.05) is 6.92 Å². The van der Waals surface area contributed by atoms with Crippen molar-refractivity contribution in [2.24, 2.45) is 29.1 Å². The molecule has 1 heterocycles. The smallest absolute Gasteiger partial charge is 0.334 e. The van der Waals surface area contributed by atoms with E-state index >= 15 is 0 Å². The van der Waals surface area contributed by atoms with Gasteiger partial charge in [-0.05, 0) is 87.4 Å². The second-order valence-electron chi connectivity index (χ2n) is 11.2. The summed E-state index contributed by atoms with van der Waals surface area (Å²) in [6.07, 6.45) is 11.2. The van der Waals surface area contributed by atoms with Crippen molar-refractivity contribution >= 4 is 23.8 Å². The van der Waals surface area contributed by atoms with Gasteiger partial charge in [-0.1, -0.05) is 19.8 Å². The van der Waals surface area contributed by atoms with Gasteiger partial charge in [0.2, 0.25) is 5.91 Å². The van der Waals surface area contributed by atoms with Crippen molar-refractivity contribution < 1.29 is 19.2 Å². The van der Waals surface area contributed by atoms with Gasteiger partial charge in [-0.2, -0.15) is 0 Å². The van der Waals surface area contributed by atoms with E-state index in [2.05, 4.69) is 12.2 Å². The van der Waals surface area contributed by atoms with E-state index in [4.69, 9.17) is 0 Å². The lowest BCUT2D eigenvalue weighted by Crippen LogP contribution is -2.57. The molecule has 0 unspecified atom stereocenters. The van der Waals surface area contributed by atoms with Crippen molar-refractivity contribution in [3.05, 3.63) is 0 Å². The van der Waals surface area contributed by atoms with Gasteiger partial charge in [-0.3, -0.25) is 19.3 Å². The summed E-state index contributed by atoms with van der Waals surface area (Å²) in [4.78, 5) is 52.9. The first kappa shape index (κ1) is 21.0. The van der Waals surface area contributed by atoms with Crippen LogP contribution >= 0.6 is 0 Å². The largest absolute Gasteiger partial charge is 0.352 e. The Bertz CT molecular complexity index is 773. The molecule has 0 aromatic heterocycles. The molecule has 7 heteroatoms. The molecule has 5 aliphatic carbocycles. The normalized spacial score (nSPS) is 40.6. The van der Waals surface area contributed by atoms with Crippen molar-refractivity contribution in [1.82, 2.24) is 15.1 Å². The van der Waals surface area contributed by atoms with E-state index in [0.29, 0.717) is 0 Å². The zero-order valence-electron chi connectivity index (χ0n) is 18.8. The molecule has 6 aliphatic rings. The molecule has 170 valence electrons. The zero-order valence-corrected chi connectivity index (χ0v) is 18.8. The van der Waals surface area contributed by atoms with Crippen LogP contribution in [-0.4, -0.2) is 52.2 Å². The number of hydrogen-bond donors (Lipinski definition) is 1. The predicted molar refractivity (Wildman–Crippen MR) is 114 cm³/mol. The lowest BCUT2D eigenvalue weighted by atomic mass is 9.48. The lowest BCUT2D eigenvalue weighted by Gasteiger charge is -2.59. The molecule has 1 aliphatic heterocycles. The minimum atomic E-state index is -0.861. The van der Waals surface area contributed by atoms with Crippen LogP contribution in [0.3, 0.4) is 0 Å². The molecule has 1 N–H and O–H groups in total. The minimum absolute atomic E-state index is 0.0198. The Morgan fingerprint density at radius 1 is 1.00 bits per heavy atom. The Labute approximate surface area is 184 Å². The highest BCUT2D eigenvalue weighted by Gasteiger charge is 2.54. The summed E-state index contributed by atoms with van der Waals surface area (Å²) >= 11 is 0. The molecule has 5 saturated carbocycles. The Kier molecular flexibility index (Phi) is 5.13. The van der Waals surface area contributed by atoms with Crippen LogP contribution in [0.2, 0.25) is 0 Å².